The maximum atomic E-state index is 12.6. The van der Waals surface area contributed by atoms with E-state index in [-0.39, 0.29) is 18.4 Å². The van der Waals surface area contributed by atoms with Crippen LogP contribution in [0.2, 0.25) is 10.0 Å². The van der Waals surface area contributed by atoms with E-state index in [1.54, 1.807) is 29.6 Å². The minimum absolute atomic E-state index is 0.0786. The Kier molecular flexibility index (Phi) is 6.34. The molecular weight excluding hydrogens is 407 g/mol. The Morgan fingerprint density at radius 3 is 2.85 bits per heavy atom. The fourth-order valence-corrected chi connectivity index (χ4v) is 4.17. The molecule has 1 aliphatic rings. The van der Waals surface area contributed by atoms with Crippen LogP contribution in [-0.4, -0.2) is 35.8 Å². The van der Waals surface area contributed by atoms with Crippen molar-refractivity contribution in [2.45, 2.75) is 18.9 Å². The Morgan fingerprint density at radius 2 is 2.11 bits per heavy atom. The minimum atomic E-state index is -0.415. The summed E-state index contributed by atoms with van der Waals surface area (Å²) >= 11 is 13.3. The van der Waals surface area contributed by atoms with E-state index in [0.717, 1.165) is 6.42 Å². The van der Waals surface area contributed by atoms with E-state index >= 15 is 0 Å². The van der Waals surface area contributed by atoms with E-state index in [9.17, 15) is 9.59 Å². The molecule has 0 bridgehead atoms. The Labute approximate surface area is 170 Å². The third-order valence-corrected chi connectivity index (χ3v) is 5.62. The molecule has 0 saturated carbocycles. The van der Waals surface area contributed by atoms with Gasteiger partial charge in [0.15, 0.2) is 0 Å². The summed E-state index contributed by atoms with van der Waals surface area (Å²) in [5.74, 6) is -0.462. The van der Waals surface area contributed by atoms with Crippen molar-refractivity contribution in [3.05, 3.63) is 45.3 Å². The number of halogens is 2. The Balaban J connectivity index is 1.62. The second-order valence-corrected chi connectivity index (χ2v) is 7.83. The standard InChI is InChI=1S/C18H16Cl2N4O2S/c19-12-3-4-14(13(20)8-12)22-17(26)15-2-1-6-24(15)10-16(25)23-18-11(9-21)5-7-27-18/h3-5,7-8,15H,1-2,6,10H2,(H,22,26)(H,23,25). The normalized spacial score (nSPS) is 16.7. The van der Waals surface area contributed by atoms with Crippen molar-refractivity contribution in [1.82, 2.24) is 4.90 Å². The molecule has 1 unspecified atom stereocenters. The van der Waals surface area contributed by atoms with E-state index in [1.165, 1.54) is 11.3 Å². The van der Waals surface area contributed by atoms with Crippen LogP contribution in [0, 0.1) is 11.3 Å². The van der Waals surface area contributed by atoms with Crippen LogP contribution in [0.3, 0.4) is 0 Å². The molecule has 6 nitrogen and oxygen atoms in total. The molecule has 2 heterocycles. The fraction of sp³-hybridized carbons (Fsp3) is 0.278. The third-order valence-electron chi connectivity index (χ3n) is 4.24. The first-order chi connectivity index (χ1) is 13.0. The van der Waals surface area contributed by atoms with Crippen LogP contribution in [0.15, 0.2) is 29.6 Å². The number of hydrogen-bond acceptors (Lipinski definition) is 5. The first-order valence-corrected chi connectivity index (χ1v) is 9.89. The number of rotatable bonds is 5. The summed E-state index contributed by atoms with van der Waals surface area (Å²) in [6.45, 7) is 0.727. The quantitative estimate of drug-likeness (QED) is 0.762. The molecule has 0 aliphatic carbocycles. The first kappa shape index (κ1) is 19.6. The number of anilines is 2. The van der Waals surface area contributed by atoms with Crippen molar-refractivity contribution >= 4 is 57.0 Å². The van der Waals surface area contributed by atoms with Gasteiger partial charge in [-0.3, -0.25) is 14.5 Å². The van der Waals surface area contributed by atoms with Gasteiger partial charge in [-0.15, -0.1) is 11.3 Å². The molecule has 3 rings (SSSR count). The van der Waals surface area contributed by atoms with Crippen LogP contribution in [-0.2, 0) is 9.59 Å². The molecule has 1 saturated heterocycles. The predicted molar refractivity (Wildman–Crippen MR) is 107 cm³/mol. The second kappa shape index (κ2) is 8.72. The van der Waals surface area contributed by atoms with Gasteiger partial charge in [0.25, 0.3) is 0 Å². The number of nitrogens with zero attached hydrogens (tertiary/aromatic N) is 2. The van der Waals surface area contributed by atoms with Gasteiger partial charge in [0.2, 0.25) is 11.8 Å². The summed E-state index contributed by atoms with van der Waals surface area (Å²) in [7, 11) is 0. The highest BCUT2D eigenvalue weighted by molar-refractivity contribution is 7.14. The molecule has 1 aromatic carbocycles. The average molecular weight is 423 g/mol. The van der Waals surface area contributed by atoms with Crippen molar-refractivity contribution in [3.8, 4) is 6.07 Å². The number of hydrogen-bond donors (Lipinski definition) is 2. The largest absolute Gasteiger partial charge is 0.323 e. The third kappa shape index (κ3) is 4.79. The van der Waals surface area contributed by atoms with Gasteiger partial charge < -0.3 is 10.6 Å². The second-order valence-electron chi connectivity index (χ2n) is 6.07. The highest BCUT2D eigenvalue weighted by Crippen LogP contribution is 2.27. The summed E-state index contributed by atoms with van der Waals surface area (Å²) in [6, 6.07) is 8.13. The van der Waals surface area contributed by atoms with E-state index < -0.39 is 6.04 Å². The van der Waals surface area contributed by atoms with Gasteiger partial charge in [0, 0.05) is 5.02 Å². The van der Waals surface area contributed by atoms with Crippen LogP contribution < -0.4 is 10.6 Å². The van der Waals surface area contributed by atoms with Crippen molar-refractivity contribution in [2.75, 3.05) is 23.7 Å². The van der Waals surface area contributed by atoms with Gasteiger partial charge in [-0.1, -0.05) is 23.2 Å². The van der Waals surface area contributed by atoms with Crippen molar-refractivity contribution in [1.29, 1.82) is 5.26 Å². The smallest absolute Gasteiger partial charge is 0.241 e. The van der Waals surface area contributed by atoms with Gasteiger partial charge in [0.05, 0.1) is 28.9 Å². The number of benzene rings is 1. The summed E-state index contributed by atoms with van der Waals surface area (Å²) in [4.78, 5) is 26.8. The number of amides is 2. The summed E-state index contributed by atoms with van der Waals surface area (Å²) in [5.41, 5.74) is 0.918. The summed E-state index contributed by atoms with van der Waals surface area (Å²) in [6.07, 6.45) is 1.48. The molecule has 1 fully saturated rings. The SMILES string of the molecule is N#Cc1ccsc1NC(=O)CN1CCCC1C(=O)Nc1ccc(Cl)cc1Cl. The number of nitriles is 1. The molecule has 1 aromatic heterocycles. The molecule has 1 aliphatic heterocycles. The van der Waals surface area contributed by atoms with Crippen molar-refractivity contribution in [2.24, 2.45) is 0 Å². The number of carbonyl (C=O) groups excluding carboxylic acids is 2. The predicted octanol–water partition coefficient (Wildman–Crippen LogP) is 3.97. The Hall–Kier alpha value is -2.11. The first-order valence-electron chi connectivity index (χ1n) is 8.25. The number of likely N-dealkylation sites (tertiary alicyclic amines) is 1. The highest BCUT2D eigenvalue weighted by atomic mass is 35.5. The zero-order valence-corrected chi connectivity index (χ0v) is 16.5. The maximum absolute atomic E-state index is 12.6. The van der Waals surface area contributed by atoms with E-state index in [0.29, 0.717) is 39.3 Å². The molecule has 2 amide bonds. The van der Waals surface area contributed by atoms with Crippen molar-refractivity contribution in [3.63, 3.8) is 0 Å². The number of thiophene rings is 1. The lowest BCUT2D eigenvalue weighted by atomic mass is 10.2. The highest BCUT2D eigenvalue weighted by Gasteiger charge is 2.32. The van der Waals surface area contributed by atoms with Gasteiger partial charge in [-0.25, -0.2) is 0 Å². The van der Waals surface area contributed by atoms with Crippen LogP contribution in [0.25, 0.3) is 0 Å². The van der Waals surface area contributed by atoms with Gasteiger partial charge >= 0.3 is 0 Å². The molecule has 27 heavy (non-hydrogen) atoms. The van der Waals surface area contributed by atoms with Crippen molar-refractivity contribution < 1.29 is 9.59 Å². The Bertz CT molecular complexity index is 909. The molecule has 140 valence electrons. The maximum Gasteiger partial charge on any atom is 0.241 e. The molecule has 2 N–H and O–H groups in total. The molecule has 9 heteroatoms. The topological polar surface area (TPSA) is 85.2 Å². The lowest BCUT2D eigenvalue weighted by molar-refractivity contribution is -0.122. The Morgan fingerprint density at radius 1 is 1.30 bits per heavy atom. The lowest BCUT2D eigenvalue weighted by Crippen LogP contribution is -2.43. The molecule has 2 aromatic rings. The fourth-order valence-electron chi connectivity index (χ4n) is 2.96. The molecule has 0 radical (unpaired) electrons. The monoisotopic (exact) mass is 422 g/mol. The lowest BCUT2D eigenvalue weighted by Gasteiger charge is -2.23. The van der Waals surface area contributed by atoms with E-state index in [1.807, 2.05) is 11.0 Å². The molecule has 0 spiro atoms. The molecule has 1 atom stereocenters. The summed E-state index contributed by atoms with van der Waals surface area (Å²) in [5, 5.41) is 17.7. The van der Waals surface area contributed by atoms with Crippen LogP contribution in [0.1, 0.15) is 18.4 Å². The number of carbonyl (C=O) groups is 2. The number of nitrogens with one attached hydrogen (secondary N) is 2. The zero-order valence-electron chi connectivity index (χ0n) is 14.2. The average Bonchev–Trinajstić information content (AvgIpc) is 3.26. The van der Waals surface area contributed by atoms with E-state index in [4.69, 9.17) is 28.5 Å². The van der Waals surface area contributed by atoms with Gasteiger partial charge in [-0.2, -0.15) is 5.26 Å². The van der Waals surface area contributed by atoms with E-state index in [2.05, 4.69) is 10.6 Å². The minimum Gasteiger partial charge on any atom is -0.323 e. The van der Waals surface area contributed by atoms with Crippen LogP contribution >= 0.6 is 34.5 Å². The van der Waals surface area contributed by atoms with Crippen LogP contribution in [0.5, 0.6) is 0 Å². The molecular formula is C18H16Cl2N4O2S. The summed E-state index contributed by atoms with van der Waals surface area (Å²) < 4.78 is 0. The zero-order chi connectivity index (χ0) is 19.4. The van der Waals surface area contributed by atoms with Gasteiger partial charge in [0.1, 0.15) is 11.1 Å². The van der Waals surface area contributed by atoms with Crippen LogP contribution in [0.4, 0.5) is 10.7 Å². The van der Waals surface area contributed by atoms with Gasteiger partial charge in [-0.05, 0) is 49.0 Å².